The summed E-state index contributed by atoms with van der Waals surface area (Å²) in [4.78, 5) is 15.8. The van der Waals surface area contributed by atoms with Gasteiger partial charge in [-0.2, -0.15) is 9.97 Å². The van der Waals surface area contributed by atoms with Crippen molar-refractivity contribution in [3.63, 3.8) is 0 Å². The molecule has 0 fully saturated rings. The lowest BCUT2D eigenvalue weighted by molar-refractivity contribution is 0.333. The number of nitrogens with one attached hydrogen (secondary N) is 3. The van der Waals surface area contributed by atoms with Gasteiger partial charge in [-0.3, -0.25) is 0 Å². The molecule has 0 atom stereocenters. The van der Waals surface area contributed by atoms with Gasteiger partial charge in [-0.1, -0.05) is 18.2 Å². The zero-order valence-electron chi connectivity index (χ0n) is 11.6. The zero-order valence-corrected chi connectivity index (χ0v) is 11.6. The zero-order chi connectivity index (χ0) is 14.5. The van der Waals surface area contributed by atoms with E-state index in [1.54, 1.807) is 13.4 Å². The molecule has 2 heterocycles. The van der Waals surface area contributed by atoms with Crippen LogP contribution in [-0.2, 0) is 0 Å². The highest BCUT2D eigenvalue weighted by Gasteiger charge is 2.08. The van der Waals surface area contributed by atoms with E-state index in [0.29, 0.717) is 30.6 Å². The third-order valence-electron chi connectivity index (χ3n) is 2.92. The number of ether oxygens (including phenoxy) is 1. The van der Waals surface area contributed by atoms with Crippen LogP contribution in [0, 0.1) is 0 Å². The standard InChI is InChI=1S/C14H16N6O/c1-15-14-19-12(11-13(20-14)18-9-17-11)16-7-8-21-10-5-3-2-4-6-10/h2-6,9H,7-8H2,1H3,(H3,15,16,17,18,19,20). The first-order valence-electron chi connectivity index (χ1n) is 6.67. The molecule has 0 unspecified atom stereocenters. The van der Waals surface area contributed by atoms with E-state index in [-0.39, 0.29) is 0 Å². The van der Waals surface area contributed by atoms with Crippen molar-refractivity contribution in [1.29, 1.82) is 0 Å². The van der Waals surface area contributed by atoms with Crippen LogP contribution in [0.4, 0.5) is 11.8 Å². The molecule has 0 aliphatic heterocycles. The van der Waals surface area contributed by atoms with E-state index in [9.17, 15) is 0 Å². The highest BCUT2D eigenvalue weighted by atomic mass is 16.5. The first-order valence-corrected chi connectivity index (χ1v) is 6.67. The maximum atomic E-state index is 5.63. The molecule has 108 valence electrons. The first-order chi connectivity index (χ1) is 10.4. The third kappa shape index (κ3) is 3.02. The van der Waals surface area contributed by atoms with Crippen LogP contribution in [-0.4, -0.2) is 40.1 Å². The fraction of sp³-hybridized carbons (Fsp3) is 0.214. The van der Waals surface area contributed by atoms with Crippen LogP contribution in [0.3, 0.4) is 0 Å². The minimum atomic E-state index is 0.529. The van der Waals surface area contributed by atoms with Gasteiger partial charge >= 0.3 is 0 Å². The fourth-order valence-corrected chi connectivity index (χ4v) is 1.93. The van der Waals surface area contributed by atoms with Gasteiger partial charge in [0.2, 0.25) is 5.95 Å². The summed E-state index contributed by atoms with van der Waals surface area (Å²) < 4.78 is 5.63. The Morgan fingerprint density at radius 2 is 2.05 bits per heavy atom. The number of hydrogen-bond acceptors (Lipinski definition) is 6. The number of nitrogens with zero attached hydrogens (tertiary/aromatic N) is 3. The molecule has 0 radical (unpaired) electrons. The van der Waals surface area contributed by atoms with Crippen molar-refractivity contribution in [3.8, 4) is 5.75 Å². The lowest BCUT2D eigenvalue weighted by Crippen LogP contribution is -2.13. The number of aromatic nitrogens is 4. The van der Waals surface area contributed by atoms with E-state index < -0.39 is 0 Å². The van der Waals surface area contributed by atoms with Crippen molar-refractivity contribution in [2.75, 3.05) is 30.8 Å². The smallest absolute Gasteiger partial charge is 0.226 e. The summed E-state index contributed by atoms with van der Waals surface area (Å²) in [5.41, 5.74) is 1.41. The van der Waals surface area contributed by atoms with E-state index in [4.69, 9.17) is 4.74 Å². The van der Waals surface area contributed by atoms with Gasteiger partial charge < -0.3 is 20.4 Å². The van der Waals surface area contributed by atoms with Crippen LogP contribution < -0.4 is 15.4 Å². The summed E-state index contributed by atoms with van der Waals surface area (Å²) in [7, 11) is 1.77. The normalized spacial score (nSPS) is 10.5. The Hall–Kier alpha value is -2.83. The van der Waals surface area contributed by atoms with E-state index in [1.165, 1.54) is 0 Å². The molecule has 0 aliphatic rings. The van der Waals surface area contributed by atoms with Gasteiger partial charge in [0.25, 0.3) is 0 Å². The molecule has 3 aromatic rings. The predicted octanol–water partition coefficient (Wildman–Crippen LogP) is 1.89. The van der Waals surface area contributed by atoms with Crippen LogP contribution in [0.25, 0.3) is 11.2 Å². The molecule has 3 rings (SSSR count). The van der Waals surface area contributed by atoms with E-state index in [0.717, 1.165) is 11.3 Å². The Labute approximate surface area is 121 Å². The third-order valence-corrected chi connectivity index (χ3v) is 2.92. The fourth-order valence-electron chi connectivity index (χ4n) is 1.93. The number of benzene rings is 1. The van der Waals surface area contributed by atoms with E-state index >= 15 is 0 Å². The topological polar surface area (TPSA) is 87.8 Å². The van der Waals surface area contributed by atoms with Gasteiger partial charge in [0.05, 0.1) is 12.9 Å². The van der Waals surface area contributed by atoms with Crippen LogP contribution in [0.15, 0.2) is 36.7 Å². The number of para-hydroxylation sites is 1. The molecule has 0 bridgehead atoms. The number of rotatable bonds is 6. The lowest BCUT2D eigenvalue weighted by atomic mass is 10.3. The quantitative estimate of drug-likeness (QED) is 0.599. The molecule has 0 amide bonds. The Kier molecular flexibility index (Phi) is 3.81. The van der Waals surface area contributed by atoms with Gasteiger partial charge in [-0.25, -0.2) is 4.98 Å². The summed E-state index contributed by atoms with van der Waals surface area (Å²) in [5.74, 6) is 2.09. The van der Waals surface area contributed by atoms with Crippen molar-refractivity contribution >= 4 is 22.9 Å². The molecule has 0 saturated carbocycles. The molecule has 1 aromatic carbocycles. The summed E-state index contributed by atoms with van der Waals surface area (Å²) in [6.07, 6.45) is 1.60. The van der Waals surface area contributed by atoms with E-state index in [2.05, 4.69) is 30.6 Å². The van der Waals surface area contributed by atoms with Crippen molar-refractivity contribution in [1.82, 2.24) is 19.9 Å². The SMILES string of the molecule is CNc1nc(NCCOc2ccccc2)c2[nH]cnc2n1. The Morgan fingerprint density at radius 3 is 2.86 bits per heavy atom. The highest BCUT2D eigenvalue weighted by Crippen LogP contribution is 2.18. The molecular formula is C14H16N6O. The van der Waals surface area contributed by atoms with Gasteiger partial charge in [-0.15, -0.1) is 0 Å². The first kappa shape index (κ1) is 13.2. The Balaban J connectivity index is 1.63. The second kappa shape index (κ2) is 6.08. The molecule has 0 spiro atoms. The Morgan fingerprint density at radius 1 is 1.19 bits per heavy atom. The molecule has 2 aromatic heterocycles. The molecule has 7 nitrogen and oxygen atoms in total. The minimum absolute atomic E-state index is 0.529. The average Bonchev–Trinajstić information content (AvgIpc) is 3.00. The maximum Gasteiger partial charge on any atom is 0.226 e. The van der Waals surface area contributed by atoms with Crippen LogP contribution in [0.1, 0.15) is 0 Å². The van der Waals surface area contributed by atoms with Crippen molar-refractivity contribution in [2.24, 2.45) is 0 Å². The van der Waals surface area contributed by atoms with Crippen LogP contribution in [0.5, 0.6) is 5.75 Å². The predicted molar refractivity (Wildman–Crippen MR) is 81.7 cm³/mol. The Bertz CT molecular complexity index is 712. The van der Waals surface area contributed by atoms with Gasteiger partial charge in [0, 0.05) is 7.05 Å². The number of imidazole rings is 1. The highest BCUT2D eigenvalue weighted by molar-refractivity contribution is 5.83. The number of H-pyrrole nitrogens is 1. The summed E-state index contributed by atoms with van der Waals surface area (Å²) in [6, 6.07) is 9.70. The number of hydrogen-bond donors (Lipinski definition) is 3. The molecular weight excluding hydrogens is 268 g/mol. The van der Waals surface area contributed by atoms with E-state index in [1.807, 2.05) is 30.3 Å². The summed E-state index contributed by atoms with van der Waals surface area (Å²) in [5, 5.41) is 6.15. The van der Waals surface area contributed by atoms with Crippen molar-refractivity contribution in [2.45, 2.75) is 0 Å². The molecule has 3 N–H and O–H groups in total. The van der Waals surface area contributed by atoms with Gasteiger partial charge in [0.15, 0.2) is 11.5 Å². The second-order valence-corrected chi connectivity index (χ2v) is 4.34. The minimum Gasteiger partial charge on any atom is -0.492 e. The lowest BCUT2D eigenvalue weighted by Gasteiger charge is -2.09. The number of fused-ring (bicyclic) bond motifs is 1. The average molecular weight is 284 g/mol. The monoisotopic (exact) mass is 284 g/mol. The van der Waals surface area contributed by atoms with Crippen LogP contribution in [0.2, 0.25) is 0 Å². The number of anilines is 2. The maximum absolute atomic E-state index is 5.63. The summed E-state index contributed by atoms with van der Waals surface area (Å²) in [6.45, 7) is 1.17. The van der Waals surface area contributed by atoms with Gasteiger partial charge in [0.1, 0.15) is 17.9 Å². The molecule has 21 heavy (non-hydrogen) atoms. The molecule has 7 heteroatoms. The molecule has 0 saturated heterocycles. The second-order valence-electron chi connectivity index (χ2n) is 4.34. The van der Waals surface area contributed by atoms with Crippen LogP contribution >= 0.6 is 0 Å². The largest absolute Gasteiger partial charge is 0.492 e. The van der Waals surface area contributed by atoms with Gasteiger partial charge in [-0.05, 0) is 12.1 Å². The van der Waals surface area contributed by atoms with Crippen molar-refractivity contribution in [3.05, 3.63) is 36.7 Å². The summed E-state index contributed by atoms with van der Waals surface area (Å²) >= 11 is 0. The molecule has 0 aliphatic carbocycles. The van der Waals surface area contributed by atoms with Crippen molar-refractivity contribution < 1.29 is 4.74 Å². The number of aromatic amines is 1.